The lowest BCUT2D eigenvalue weighted by Crippen LogP contribution is -2.20. The van der Waals surface area contributed by atoms with Gasteiger partial charge >= 0.3 is 0 Å². The summed E-state index contributed by atoms with van der Waals surface area (Å²) in [5.74, 6) is 2.82. The molecule has 0 radical (unpaired) electrons. The predicted octanol–water partition coefficient (Wildman–Crippen LogP) is 4.89. The van der Waals surface area contributed by atoms with Crippen LogP contribution in [-0.4, -0.2) is 0 Å². The number of fused-ring (bicyclic) bond motifs is 1. The Morgan fingerprint density at radius 3 is 1.69 bits per heavy atom. The topological polar surface area (TPSA) is 0 Å². The summed E-state index contributed by atoms with van der Waals surface area (Å²) >= 11 is 0. The van der Waals surface area contributed by atoms with Gasteiger partial charge in [0.15, 0.2) is 0 Å². The Kier molecular flexibility index (Phi) is 4.44. The molecular formula is C16H24. The van der Waals surface area contributed by atoms with Crippen molar-refractivity contribution >= 4 is 0 Å². The lowest BCUT2D eigenvalue weighted by Gasteiger charge is -2.32. The molecule has 1 fully saturated rings. The standard InChI is InChI=1S/C10H16.C6H8/c1-2-6-10-8-4-3-7-9(10)5-1;1-6-4-2-3-5-6/h1-2,9-10H,3-8H2;2-6H,1H3. The second kappa shape index (κ2) is 6.08. The maximum atomic E-state index is 2.38. The van der Waals surface area contributed by atoms with Crippen LogP contribution < -0.4 is 0 Å². The van der Waals surface area contributed by atoms with Gasteiger partial charge in [0.1, 0.15) is 0 Å². The highest BCUT2D eigenvalue weighted by molar-refractivity contribution is 5.15. The first kappa shape index (κ1) is 11.7. The van der Waals surface area contributed by atoms with Gasteiger partial charge in [-0.05, 0) is 43.4 Å². The number of rotatable bonds is 0. The molecule has 0 saturated heterocycles. The molecule has 0 N–H and O–H groups in total. The molecule has 16 heavy (non-hydrogen) atoms. The molecule has 3 rings (SSSR count). The molecule has 0 aromatic heterocycles. The number of hydrogen-bond acceptors (Lipinski definition) is 0. The van der Waals surface area contributed by atoms with E-state index in [1.807, 2.05) is 0 Å². The van der Waals surface area contributed by atoms with Crippen LogP contribution in [-0.2, 0) is 0 Å². The Bertz CT molecular complexity index is 254. The predicted molar refractivity (Wildman–Crippen MR) is 71.3 cm³/mol. The van der Waals surface area contributed by atoms with Gasteiger partial charge in [-0.3, -0.25) is 0 Å². The van der Waals surface area contributed by atoms with Gasteiger partial charge in [0.05, 0.1) is 0 Å². The van der Waals surface area contributed by atoms with E-state index in [0.717, 1.165) is 11.8 Å². The molecule has 2 atom stereocenters. The van der Waals surface area contributed by atoms with Crippen LogP contribution in [0.4, 0.5) is 0 Å². The van der Waals surface area contributed by atoms with E-state index in [1.54, 1.807) is 0 Å². The molecule has 0 amide bonds. The molecule has 88 valence electrons. The molecule has 1 saturated carbocycles. The van der Waals surface area contributed by atoms with Gasteiger partial charge in [-0.1, -0.05) is 56.2 Å². The second-order valence-electron chi connectivity index (χ2n) is 5.38. The van der Waals surface area contributed by atoms with E-state index < -0.39 is 0 Å². The summed E-state index contributed by atoms with van der Waals surface area (Å²) in [6.45, 7) is 2.17. The highest BCUT2D eigenvalue weighted by Gasteiger charge is 2.24. The zero-order valence-corrected chi connectivity index (χ0v) is 10.4. The van der Waals surface area contributed by atoms with Crippen LogP contribution in [0.5, 0.6) is 0 Å². The van der Waals surface area contributed by atoms with Crippen LogP contribution in [0.3, 0.4) is 0 Å². The van der Waals surface area contributed by atoms with E-state index in [1.165, 1.54) is 38.5 Å². The zero-order chi connectivity index (χ0) is 11.2. The fourth-order valence-corrected chi connectivity index (χ4v) is 2.99. The van der Waals surface area contributed by atoms with Crippen molar-refractivity contribution < 1.29 is 0 Å². The SMILES string of the molecule is C1=CCC2CCCCC2C1.CC1C=CC=C1. The summed E-state index contributed by atoms with van der Waals surface area (Å²) in [7, 11) is 0. The lowest BCUT2D eigenvalue weighted by molar-refractivity contribution is 0.231. The van der Waals surface area contributed by atoms with Gasteiger partial charge in [-0.2, -0.15) is 0 Å². The normalized spacial score (nSPS) is 32.1. The van der Waals surface area contributed by atoms with Gasteiger partial charge in [0.25, 0.3) is 0 Å². The van der Waals surface area contributed by atoms with Crippen molar-refractivity contribution in [2.24, 2.45) is 17.8 Å². The Balaban J connectivity index is 0.000000138. The van der Waals surface area contributed by atoms with Crippen LogP contribution in [0.2, 0.25) is 0 Å². The van der Waals surface area contributed by atoms with Gasteiger partial charge in [0, 0.05) is 0 Å². The van der Waals surface area contributed by atoms with Crippen molar-refractivity contribution in [3.05, 3.63) is 36.5 Å². The Hall–Kier alpha value is -0.780. The smallest absolute Gasteiger partial charge is 0.00756 e. The van der Waals surface area contributed by atoms with E-state index in [-0.39, 0.29) is 0 Å². The van der Waals surface area contributed by atoms with Gasteiger partial charge in [-0.15, -0.1) is 0 Å². The highest BCUT2D eigenvalue weighted by Crippen LogP contribution is 2.37. The Labute approximate surface area is 100 Å². The monoisotopic (exact) mass is 216 g/mol. The van der Waals surface area contributed by atoms with Crippen LogP contribution in [0, 0.1) is 17.8 Å². The van der Waals surface area contributed by atoms with Crippen molar-refractivity contribution in [3.63, 3.8) is 0 Å². The third-order valence-corrected chi connectivity index (χ3v) is 4.05. The maximum Gasteiger partial charge on any atom is -0.00756 e. The molecule has 0 bridgehead atoms. The van der Waals surface area contributed by atoms with Crippen molar-refractivity contribution in [2.45, 2.75) is 45.4 Å². The summed E-state index contributed by atoms with van der Waals surface area (Å²) < 4.78 is 0. The van der Waals surface area contributed by atoms with Crippen molar-refractivity contribution in [3.8, 4) is 0 Å². The largest absolute Gasteiger partial charge is 0.0882 e. The molecule has 0 spiro atoms. The minimum Gasteiger partial charge on any atom is -0.0882 e. The summed E-state index contributed by atoms with van der Waals surface area (Å²) in [6, 6.07) is 0. The van der Waals surface area contributed by atoms with Crippen LogP contribution in [0.15, 0.2) is 36.5 Å². The fourth-order valence-electron chi connectivity index (χ4n) is 2.99. The van der Waals surface area contributed by atoms with Crippen LogP contribution >= 0.6 is 0 Å². The summed E-state index contributed by atoms with van der Waals surface area (Å²) in [6.07, 6.45) is 22.0. The molecule has 0 aliphatic heterocycles. The molecule has 0 aromatic carbocycles. The summed E-state index contributed by atoms with van der Waals surface area (Å²) in [4.78, 5) is 0. The van der Waals surface area contributed by atoms with Crippen LogP contribution in [0.1, 0.15) is 45.4 Å². The van der Waals surface area contributed by atoms with E-state index in [9.17, 15) is 0 Å². The molecule has 0 heterocycles. The quantitative estimate of drug-likeness (QED) is 0.506. The third kappa shape index (κ3) is 3.37. The number of hydrogen-bond donors (Lipinski definition) is 0. The van der Waals surface area contributed by atoms with E-state index >= 15 is 0 Å². The van der Waals surface area contributed by atoms with Crippen LogP contribution in [0.25, 0.3) is 0 Å². The lowest BCUT2D eigenvalue weighted by atomic mass is 9.73. The van der Waals surface area contributed by atoms with Crippen molar-refractivity contribution in [2.75, 3.05) is 0 Å². The average Bonchev–Trinajstić information content (AvgIpc) is 2.81. The molecule has 0 aromatic rings. The number of allylic oxidation sites excluding steroid dienone is 6. The first-order chi connectivity index (χ1) is 7.86. The first-order valence-electron chi connectivity index (χ1n) is 6.86. The highest BCUT2D eigenvalue weighted by atomic mass is 14.3. The molecule has 3 aliphatic rings. The maximum absolute atomic E-state index is 2.38. The van der Waals surface area contributed by atoms with E-state index in [4.69, 9.17) is 0 Å². The fraction of sp³-hybridized carbons (Fsp3) is 0.625. The zero-order valence-electron chi connectivity index (χ0n) is 10.4. The van der Waals surface area contributed by atoms with E-state index in [2.05, 4.69) is 43.4 Å². The van der Waals surface area contributed by atoms with Crippen molar-refractivity contribution in [1.82, 2.24) is 0 Å². The van der Waals surface area contributed by atoms with E-state index in [0.29, 0.717) is 5.92 Å². The summed E-state index contributed by atoms with van der Waals surface area (Å²) in [5.41, 5.74) is 0. The molecule has 3 aliphatic carbocycles. The molecule has 0 heteroatoms. The van der Waals surface area contributed by atoms with Crippen molar-refractivity contribution in [1.29, 1.82) is 0 Å². The molecule has 0 nitrogen and oxygen atoms in total. The van der Waals surface area contributed by atoms with Gasteiger partial charge < -0.3 is 0 Å². The third-order valence-electron chi connectivity index (χ3n) is 4.05. The molecular weight excluding hydrogens is 192 g/mol. The Morgan fingerprint density at radius 2 is 1.31 bits per heavy atom. The minimum atomic E-state index is 0.685. The minimum absolute atomic E-state index is 0.685. The summed E-state index contributed by atoms with van der Waals surface area (Å²) in [5, 5.41) is 0. The second-order valence-corrected chi connectivity index (χ2v) is 5.38. The Morgan fingerprint density at radius 1 is 0.812 bits per heavy atom. The van der Waals surface area contributed by atoms with Gasteiger partial charge in [0.2, 0.25) is 0 Å². The molecule has 2 unspecified atom stereocenters. The van der Waals surface area contributed by atoms with Gasteiger partial charge in [-0.25, -0.2) is 0 Å². The first-order valence-corrected chi connectivity index (χ1v) is 6.86. The average molecular weight is 216 g/mol.